The van der Waals surface area contributed by atoms with Crippen molar-refractivity contribution >= 4 is 11.6 Å². The average Bonchev–Trinajstić information content (AvgIpc) is 2.17. The summed E-state index contributed by atoms with van der Waals surface area (Å²) in [5.41, 5.74) is 8.84. The van der Waals surface area contributed by atoms with Crippen molar-refractivity contribution in [2.45, 2.75) is 19.6 Å². The molecule has 0 fully saturated rings. The van der Waals surface area contributed by atoms with Gasteiger partial charge in [0.05, 0.1) is 19.3 Å². The molecule has 1 amide bonds. The number of rotatable bonds is 1. The molecule has 1 atom stereocenters. The van der Waals surface area contributed by atoms with Gasteiger partial charge in [-0.05, 0) is 23.3 Å². The van der Waals surface area contributed by atoms with Gasteiger partial charge >= 0.3 is 0 Å². The quantitative estimate of drug-likeness (QED) is 0.725. The van der Waals surface area contributed by atoms with Crippen LogP contribution >= 0.6 is 0 Å². The summed E-state index contributed by atoms with van der Waals surface area (Å²) in [6, 6.07) is 5.68. The third-order valence-electron chi connectivity index (χ3n) is 2.42. The van der Waals surface area contributed by atoms with Crippen LogP contribution < -0.4 is 11.1 Å². The lowest BCUT2D eigenvalue weighted by Crippen LogP contribution is -2.23. The summed E-state index contributed by atoms with van der Waals surface area (Å²) < 4.78 is 5.33. The van der Waals surface area contributed by atoms with Crippen molar-refractivity contribution in [3.05, 3.63) is 29.3 Å². The van der Waals surface area contributed by atoms with Crippen LogP contribution in [-0.2, 0) is 16.1 Å². The maximum absolute atomic E-state index is 10.9. The number of carbonyl (C=O) groups excluding carboxylic acids is 1. The number of ether oxygens (including phenoxy) is 1. The maximum atomic E-state index is 10.9. The van der Waals surface area contributed by atoms with Gasteiger partial charge in [-0.25, -0.2) is 0 Å². The van der Waals surface area contributed by atoms with Gasteiger partial charge in [0, 0.05) is 12.6 Å². The number of fused-ring (bicyclic) bond motifs is 1. The summed E-state index contributed by atoms with van der Waals surface area (Å²) in [5.74, 6) is -0.0732. The number of anilines is 1. The Labute approximate surface area is 88.4 Å². The maximum Gasteiger partial charge on any atom is 0.221 e. The second-order valence-electron chi connectivity index (χ2n) is 3.72. The van der Waals surface area contributed by atoms with Crippen LogP contribution in [0.25, 0.3) is 0 Å². The van der Waals surface area contributed by atoms with E-state index < -0.39 is 0 Å². The summed E-state index contributed by atoms with van der Waals surface area (Å²) in [7, 11) is 0. The van der Waals surface area contributed by atoms with Gasteiger partial charge in [-0.1, -0.05) is 6.07 Å². The second kappa shape index (κ2) is 4.00. The lowest BCUT2D eigenvalue weighted by atomic mass is 9.99. The van der Waals surface area contributed by atoms with Gasteiger partial charge in [0.15, 0.2) is 0 Å². The molecule has 0 saturated heterocycles. The van der Waals surface area contributed by atoms with Crippen molar-refractivity contribution in [1.29, 1.82) is 0 Å². The third-order valence-corrected chi connectivity index (χ3v) is 2.42. The van der Waals surface area contributed by atoms with Crippen LogP contribution in [-0.4, -0.2) is 12.5 Å². The first-order chi connectivity index (χ1) is 7.16. The smallest absolute Gasteiger partial charge is 0.221 e. The first kappa shape index (κ1) is 10.1. The summed E-state index contributed by atoms with van der Waals surface area (Å²) in [5, 5.41) is 2.73. The molecule has 2 rings (SSSR count). The van der Waals surface area contributed by atoms with Crippen molar-refractivity contribution in [3.63, 3.8) is 0 Å². The van der Waals surface area contributed by atoms with E-state index in [0.717, 1.165) is 16.8 Å². The molecule has 1 heterocycles. The van der Waals surface area contributed by atoms with Gasteiger partial charge in [0.1, 0.15) is 0 Å². The Morgan fingerprint density at radius 2 is 2.40 bits per heavy atom. The Morgan fingerprint density at radius 1 is 1.60 bits per heavy atom. The minimum Gasteiger partial charge on any atom is -0.375 e. The highest BCUT2D eigenvalue weighted by atomic mass is 16.5. The normalized spacial score (nSPS) is 19.5. The molecule has 1 aromatic rings. The molecule has 1 aromatic carbocycles. The largest absolute Gasteiger partial charge is 0.375 e. The molecule has 4 nitrogen and oxygen atoms in total. The molecule has 0 saturated carbocycles. The van der Waals surface area contributed by atoms with Crippen LogP contribution in [0.15, 0.2) is 18.2 Å². The van der Waals surface area contributed by atoms with E-state index in [1.807, 2.05) is 18.2 Å². The third kappa shape index (κ3) is 2.16. The predicted octanol–water partition coefficient (Wildman–Crippen LogP) is 1.17. The Kier molecular flexibility index (Phi) is 2.70. The van der Waals surface area contributed by atoms with Crippen molar-refractivity contribution in [2.24, 2.45) is 5.73 Å². The number of carbonyl (C=O) groups is 1. The van der Waals surface area contributed by atoms with Gasteiger partial charge in [-0.15, -0.1) is 0 Å². The molecule has 0 aromatic heterocycles. The number of hydrogen-bond donors (Lipinski definition) is 2. The van der Waals surface area contributed by atoms with Gasteiger partial charge in [0.2, 0.25) is 5.91 Å². The topological polar surface area (TPSA) is 64.3 Å². The fourth-order valence-electron chi connectivity index (χ4n) is 1.76. The zero-order valence-corrected chi connectivity index (χ0v) is 8.62. The summed E-state index contributed by atoms with van der Waals surface area (Å²) in [6.45, 7) is 2.62. The van der Waals surface area contributed by atoms with E-state index >= 15 is 0 Å². The minimum atomic E-state index is -0.0732. The number of amides is 1. The standard InChI is InChI=1S/C11H14N2O2/c1-7(14)13-9-2-3-10-8(4-9)5-15-6-11(10)12/h2-4,11H,5-6,12H2,1H3,(H,13,14)/t11-/m1/s1. The first-order valence-corrected chi connectivity index (χ1v) is 4.90. The zero-order valence-electron chi connectivity index (χ0n) is 8.62. The molecule has 0 spiro atoms. The summed E-state index contributed by atoms with van der Waals surface area (Å²) in [6.07, 6.45) is 0. The van der Waals surface area contributed by atoms with Crippen LogP contribution in [0.1, 0.15) is 24.1 Å². The minimum absolute atomic E-state index is 0.0554. The van der Waals surface area contributed by atoms with Gasteiger partial charge in [-0.3, -0.25) is 4.79 Å². The van der Waals surface area contributed by atoms with Crippen molar-refractivity contribution in [1.82, 2.24) is 0 Å². The number of benzene rings is 1. The highest BCUT2D eigenvalue weighted by Crippen LogP contribution is 2.25. The molecule has 1 aliphatic rings. The van der Waals surface area contributed by atoms with E-state index in [1.54, 1.807) is 0 Å². The highest BCUT2D eigenvalue weighted by Gasteiger charge is 2.17. The number of hydrogen-bond acceptors (Lipinski definition) is 3. The Morgan fingerprint density at radius 3 is 3.13 bits per heavy atom. The van der Waals surface area contributed by atoms with Crippen molar-refractivity contribution < 1.29 is 9.53 Å². The molecule has 1 aliphatic heterocycles. The molecule has 4 heteroatoms. The van der Waals surface area contributed by atoms with Crippen molar-refractivity contribution in [2.75, 3.05) is 11.9 Å². The molecule has 3 N–H and O–H groups in total. The molecule has 0 bridgehead atoms. The Hall–Kier alpha value is -1.39. The molecule has 0 unspecified atom stereocenters. The summed E-state index contributed by atoms with van der Waals surface area (Å²) in [4.78, 5) is 10.9. The molecule has 15 heavy (non-hydrogen) atoms. The highest BCUT2D eigenvalue weighted by molar-refractivity contribution is 5.88. The van der Waals surface area contributed by atoms with Gasteiger partial charge in [-0.2, -0.15) is 0 Å². The monoisotopic (exact) mass is 206 g/mol. The van der Waals surface area contributed by atoms with E-state index in [9.17, 15) is 4.79 Å². The molecule has 0 aliphatic carbocycles. The molecule has 80 valence electrons. The van der Waals surface area contributed by atoms with Crippen molar-refractivity contribution in [3.8, 4) is 0 Å². The molecular weight excluding hydrogens is 192 g/mol. The molecule has 0 radical (unpaired) electrons. The van der Waals surface area contributed by atoms with Gasteiger partial charge in [0.25, 0.3) is 0 Å². The first-order valence-electron chi connectivity index (χ1n) is 4.90. The van der Waals surface area contributed by atoms with Crippen LogP contribution in [0.2, 0.25) is 0 Å². The number of nitrogens with two attached hydrogens (primary N) is 1. The van der Waals surface area contributed by atoms with Crippen LogP contribution in [0.5, 0.6) is 0 Å². The lowest BCUT2D eigenvalue weighted by molar-refractivity contribution is -0.114. The SMILES string of the molecule is CC(=O)Nc1ccc2c(c1)COC[C@H]2N. The van der Waals surface area contributed by atoms with E-state index in [-0.39, 0.29) is 11.9 Å². The van der Waals surface area contributed by atoms with Crippen LogP contribution in [0.3, 0.4) is 0 Å². The van der Waals surface area contributed by atoms with Crippen LogP contribution in [0, 0.1) is 0 Å². The fourth-order valence-corrected chi connectivity index (χ4v) is 1.76. The van der Waals surface area contributed by atoms with E-state index in [2.05, 4.69) is 5.32 Å². The second-order valence-corrected chi connectivity index (χ2v) is 3.72. The van der Waals surface area contributed by atoms with Crippen LogP contribution in [0.4, 0.5) is 5.69 Å². The van der Waals surface area contributed by atoms with E-state index in [1.165, 1.54) is 6.92 Å². The molecular formula is C11H14N2O2. The van der Waals surface area contributed by atoms with E-state index in [4.69, 9.17) is 10.5 Å². The Bertz CT molecular complexity index is 390. The summed E-state index contributed by atoms with van der Waals surface area (Å²) >= 11 is 0. The Balaban J connectivity index is 2.29. The average molecular weight is 206 g/mol. The fraction of sp³-hybridized carbons (Fsp3) is 0.364. The predicted molar refractivity (Wildman–Crippen MR) is 57.3 cm³/mol. The zero-order chi connectivity index (χ0) is 10.8. The van der Waals surface area contributed by atoms with Gasteiger partial charge < -0.3 is 15.8 Å². The van der Waals surface area contributed by atoms with E-state index in [0.29, 0.717) is 13.2 Å². The lowest BCUT2D eigenvalue weighted by Gasteiger charge is -2.23. The number of nitrogens with one attached hydrogen (secondary N) is 1.